The second-order valence-electron chi connectivity index (χ2n) is 15.9. The molecule has 0 unspecified atom stereocenters. The number of alkyl halides is 1. The van der Waals surface area contributed by atoms with Crippen molar-refractivity contribution in [3.8, 4) is 0 Å². The summed E-state index contributed by atoms with van der Waals surface area (Å²) in [5, 5.41) is 0. The molecule has 0 heterocycles. The zero-order valence-electron chi connectivity index (χ0n) is 34.1. The topological polar surface area (TPSA) is 20.3 Å². The Balaban J connectivity index is 3.43. The third-order valence-corrected chi connectivity index (χ3v) is 11.3. The van der Waals surface area contributed by atoms with E-state index in [4.69, 9.17) is 11.6 Å². The van der Waals surface area contributed by atoms with Crippen LogP contribution in [0.3, 0.4) is 0 Å². The fourth-order valence-electron chi connectivity index (χ4n) is 7.56. The summed E-state index contributed by atoms with van der Waals surface area (Å²) in [6.07, 6.45) is 56.2. The number of carbonyl (C=O) groups excluding carboxylic acids is 1. The van der Waals surface area contributed by atoms with Crippen LogP contribution in [0.25, 0.3) is 0 Å². The lowest BCUT2D eigenvalue weighted by atomic mass is 10.0. The monoisotopic (exact) mass is 710 g/mol. The van der Waals surface area contributed by atoms with E-state index in [0.29, 0.717) is 0 Å². The molecular formula is C46H92ClNO. The van der Waals surface area contributed by atoms with Crippen LogP contribution in [0.4, 0.5) is 0 Å². The number of carbonyl (C=O) groups is 1. The molecule has 0 aliphatic rings. The summed E-state index contributed by atoms with van der Waals surface area (Å²) in [5.74, 6) is 0.274. The van der Waals surface area contributed by atoms with Gasteiger partial charge in [-0.05, 0) is 12.8 Å². The van der Waals surface area contributed by atoms with Gasteiger partial charge in [-0.3, -0.25) is 4.79 Å². The van der Waals surface area contributed by atoms with E-state index in [1.807, 2.05) is 0 Å². The number of hydrogen-bond acceptors (Lipinski definition) is 1. The molecule has 0 rings (SSSR count). The van der Waals surface area contributed by atoms with E-state index in [1.165, 1.54) is 244 Å². The highest BCUT2D eigenvalue weighted by atomic mass is 35.5. The number of amides is 1. The Morgan fingerprint density at radius 1 is 0.306 bits per heavy atom. The van der Waals surface area contributed by atoms with Crippen LogP contribution in [-0.4, -0.2) is 29.8 Å². The van der Waals surface area contributed by atoms with E-state index in [0.717, 1.165) is 25.9 Å². The molecule has 0 N–H and O–H groups in total. The van der Waals surface area contributed by atoms with Crippen LogP contribution in [0.2, 0.25) is 0 Å². The van der Waals surface area contributed by atoms with Crippen LogP contribution in [-0.2, 0) is 4.79 Å². The average Bonchev–Trinajstić information content (AvgIpc) is 3.11. The summed E-state index contributed by atoms with van der Waals surface area (Å²) in [5.41, 5.74) is 0. The van der Waals surface area contributed by atoms with E-state index in [2.05, 4.69) is 18.7 Å². The van der Waals surface area contributed by atoms with Crippen LogP contribution in [0.15, 0.2) is 0 Å². The number of hydrogen-bond donors (Lipinski definition) is 0. The molecule has 0 saturated heterocycles. The van der Waals surface area contributed by atoms with Crippen LogP contribution < -0.4 is 0 Å². The molecule has 49 heavy (non-hydrogen) atoms. The van der Waals surface area contributed by atoms with Gasteiger partial charge in [-0.1, -0.05) is 258 Å². The zero-order chi connectivity index (χ0) is 35.6. The first-order valence-electron chi connectivity index (χ1n) is 23.1. The van der Waals surface area contributed by atoms with E-state index in [1.54, 1.807) is 0 Å². The Morgan fingerprint density at radius 3 is 0.633 bits per heavy atom. The van der Waals surface area contributed by atoms with Crippen LogP contribution in [0.5, 0.6) is 0 Å². The molecule has 0 atom stereocenters. The standard InChI is InChI=1S/C46H92ClNO/c1-3-5-7-9-11-13-15-17-19-21-23-25-27-29-31-33-35-37-39-41-43-48(46(49)45-47)44-42-40-38-36-34-32-30-28-26-24-22-20-18-16-14-12-10-8-6-4-2/h3-45H2,1-2H3. The lowest BCUT2D eigenvalue weighted by molar-refractivity contribution is -0.128. The van der Waals surface area contributed by atoms with Crippen molar-refractivity contribution in [1.82, 2.24) is 4.90 Å². The SMILES string of the molecule is CCCCCCCCCCCCCCCCCCCCCCN(CCCCCCCCCCCCCCCCCCCCCC)C(=O)CCl. The minimum Gasteiger partial charge on any atom is -0.342 e. The van der Waals surface area contributed by atoms with Crippen molar-refractivity contribution in [3.63, 3.8) is 0 Å². The molecule has 0 bridgehead atoms. The molecule has 3 heteroatoms. The number of halogens is 1. The fourth-order valence-corrected chi connectivity index (χ4v) is 7.73. The summed E-state index contributed by atoms with van der Waals surface area (Å²) in [6.45, 7) is 6.41. The maximum absolute atomic E-state index is 12.4. The Kier molecular flexibility index (Phi) is 43.7. The highest BCUT2D eigenvalue weighted by Gasteiger charge is 2.11. The minimum atomic E-state index is 0.136. The van der Waals surface area contributed by atoms with Gasteiger partial charge in [-0.25, -0.2) is 0 Å². The summed E-state index contributed by atoms with van der Waals surface area (Å²) in [4.78, 5) is 14.4. The molecule has 0 aliphatic carbocycles. The van der Waals surface area contributed by atoms with Crippen molar-refractivity contribution in [2.45, 2.75) is 271 Å². The second kappa shape index (κ2) is 43.9. The molecule has 0 saturated carbocycles. The highest BCUT2D eigenvalue weighted by molar-refractivity contribution is 6.27. The smallest absolute Gasteiger partial charge is 0.237 e. The lowest BCUT2D eigenvalue weighted by Gasteiger charge is -2.22. The molecule has 0 aliphatic heterocycles. The molecular weight excluding hydrogens is 618 g/mol. The summed E-state index contributed by atoms with van der Waals surface area (Å²) >= 11 is 5.94. The Labute approximate surface area is 315 Å². The summed E-state index contributed by atoms with van der Waals surface area (Å²) in [6, 6.07) is 0. The van der Waals surface area contributed by atoms with Gasteiger partial charge in [0.05, 0.1) is 0 Å². The lowest BCUT2D eigenvalue weighted by Crippen LogP contribution is -2.33. The minimum absolute atomic E-state index is 0.136. The predicted molar refractivity (Wildman–Crippen MR) is 223 cm³/mol. The number of unbranched alkanes of at least 4 members (excludes halogenated alkanes) is 38. The molecule has 0 fully saturated rings. The van der Waals surface area contributed by atoms with Crippen molar-refractivity contribution in [1.29, 1.82) is 0 Å². The molecule has 294 valence electrons. The summed E-state index contributed by atoms with van der Waals surface area (Å²) < 4.78 is 0. The number of rotatable bonds is 43. The third kappa shape index (κ3) is 40.4. The maximum atomic E-state index is 12.4. The van der Waals surface area contributed by atoms with Crippen molar-refractivity contribution in [2.75, 3.05) is 19.0 Å². The molecule has 2 nitrogen and oxygen atoms in total. The molecule has 0 aromatic rings. The number of nitrogens with zero attached hydrogens (tertiary/aromatic N) is 1. The van der Waals surface area contributed by atoms with Crippen LogP contribution in [0.1, 0.15) is 271 Å². The van der Waals surface area contributed by atoms with Gasteiger partial charge in [0.2, 0.25) is 5.91 Å². The van der Waals surface area contributed by atoms with Gasteiger partial charge in [0.15, 0.2) is 0 Å². The third-order valence-electron chi connectivity index (χ3n) is 11.0. The quantitative estimate of drug-likeness (QED) is 0.0456. The average molecular weight is 711 g/mol. The zero-order valence-corrected chi connectivity index (χ0v) is 34.9. The first-order valence-corrected chi connectivity index (χ1v) is 23.6. The van der Waals surface area contributed by atoms with Gasteiger partial charge in [0.25, 0.3) is 0 Å². The highest BCUT2D eigenvalue weighted by Crippen LogP contribution is 2.17. The van der Waals surface area contributed by atoms with Crippen molar-refractivity contribution >= 4 is 17.5 Å². The first-order chi connectivity index (χ1) is 24.3. The van der Waals surface area contributed by atoms with Gasteiger partial charge in [-0.2, -0.15) is 0 Å². The molecule has 0 spiro atoms. The Bertz CT molecular complexity index is 566. The van der Waals surface area contributed by atoms with Gasteiger partial charge < -0.3 is 4.90 Å². The van der Waals surface area contributed by atoms with E-state index in [-0.39, 0.29) is 11.8 Å². The van der Waals surface area contributed by atoms with Crippen LogP contribution >= 0.6 is 11.6 Å². The first kappa shape index (κ1) is 48.8. The van der Waals surface area contributed by atoms with Gasteiger partial charge in [0.1, 0.15) is 5.88 Å². The van der Waals surface area contributed by atoms with E-state index < -0.39 is 0 Å². The molecule has 0 aromatic carbocycles. The van der Waals surface area contributed by atoms with Gasteiger partial charge in [-0.15, -0.1) is 11.6 Å². The largest absolute Gasteiger partial charge is 0.342 e. The van der Waals surface area contributed by atoms with Gasteiger partial charge >= 0.3 is 0 Å². The predicted octanol–water partition coefficient (Wildman–Crippen LogP) is 16.7. The van der Waals surface area contributed by atoms with E-state index >= 15 is 0 Å². The Hall–Kier alpha value is -0.240. The summed E-state index contributed by atoms with van der Waals surface area (Å²) in [7, 11) is 0. The molecule has 0 aromatic heterocycles. The normalized spacial score (nSPS) is 11.5. The molecule has 1 amide bonds. The van der Waals surface area contributed by atoms with Crippen molar-refractivity contribution in [3.05, 3.63) is 0 Å². The van der Waals surface area contributed by atoms with Crippen molar-refractivity contribution < 1.29 is 4.79 Å². The Morgan fingerprint density at radius 2 is 0.469 bits per heavy atom. The second-order valence-corrected chi connectivity index (χ2v) is 16.2. The van der Waals surface area contributed by atoms with Gasteiger partial charge in [0, 0.05) is 13.1 Å². The van der Waals surface area contributed by atoms with Crippen LogP contribution in [0, 0.1) is 0 Å². The maximum Gasteiger partial charge on any atom is 0.237 e. The molecule has 0 radical (unpaired) electrons. The van der Waals surface area contributed by atoms with E-state index in [9.17, 15) is 4.79 Å². The van der Waals surface area contributed by atoms with Crippen molar-refractivity contribution in [2.24, 2.45) is 0 Å². The fraction of sp³-hybridized carbons (Fsp3) is 0.978.